The summed E-state index contributed by atoms with van der Waals surface area (Å²) in [4.78, 5) is 16.6. The molecule has 1 heterocycles. The van der Waals surface area contributed by atoms with Gasteiger partial charge >= 0.3 is 5.97 Å². The Morgan fingerprint density at radius 2 is 1.84 bits per heavy atom. The molecule has 0 saturated carbocycles. The highest BCUT2D eigenvalue weighted by atomic mass is 16.6. The van der Waals surface area contributed by atoms with Gasteiger partial charge in [-0.05, 0) is 69.7 Å². The molecular formula is C25H28N2O4. The smallest absolute Gasteiger partial charge is 0.345 e. The predicted octanol–water partition coefficient (Wildman–Crippen LogP) is 4.82. The molecule has 3 rings (SSSR count). The Bertz CT molecular complexity index is 1010. The van der Waals surface area contributed by atoms with E-state index in [1.807, 2.05) is 52.0 Å². The molecule has 162 valence electrons. The number of β-amino-alcohol motifs (C(OH)–C–C–N with tert-alkyl or cyclic N) is 1. The van der Waals surface area contributed by atoms with Crippen molar-refractivity contribution in [2.45, 2.75) is 39.3 Å². The molecular weight excluding hydrogens is 392 g/mol. The molecule has 0 amide bonds. The van der Waals surface area contributed by atoms with Crippen molar-refractivity contribution >= 4 is 5.97 Å². The van der Waals surface area contributed by atoms with Crippen molar-refractivity contribution in [2.24, 2.45) is 0 Å². The van der Waals surface area contributed by atoms with Gasteiger partial charge in [-0.2, -0.15) is 0 Å². The molecule has 6 nitrogen and oxygen atoms in total. The maximum Gasteiger partial charge on any atom is 0.345 e. The first kappa shape index (κ1) is 22.5. The number of nitrogens with one attached hydrogen (secondary N) is 1. The molecule has 3 aromatic rings. The molecule has 0 aliphatic rings. The number of aliphatic hydroxyl groups excluding tert-OH is 1. The molecule has 2 N–H and O–H groups in total. The van der Waals surface area contributed by atoms with E-state index in [-0.39, 0.29) is 11.3 Å². The van der Waals surface area contributed by atoms with Gasteiger partial charge in [-0.3, -0.25) is 4.98 Å². The lowest BCUT2D eigenvalue weighted by molar-refractivity contribution is 0.0729. The monoisotopic (exact) mass is 420 g/mol. The number of benzene rings is 2. The lowest BCUT2D eigenvalue weighted by atomic mass is 10.1. The van der Waals surface area contributed by atoms with Crippen LogP contribution in [0.1, 0.15) is 48.4 Å². The Balaban J connectivity index is 1.88. The van der Waals surface area contributed by atoms with Crippen LogP contribution in [0.5, 0.6) is 17.2 Å². The highest BCUT2D eigenvalue weighted by Gasteiger charge is 2.18. The van der Waals surface area contributed by atoms with E-state index in [4.69, 9.17) is 9.47 Å². The first-order chi connectivity index (χ1) is 14.7. The van der Waals surface area contributed by atoms with E-state index in [1.165, 1.54) is 6.20 Å². The Labute approximate surface area is 182 Å². The van der Waals surface area contributed by atoms with Crippen molar-refractivity contribution in [1.82, 2.24) is 10.3 Å². The van der Waals surface area contributed by atoms with Crippen LogP contribution in [0.15, 0.2) is 67.0 Å². The van der Waals surface area contributed by atoms with Crippen LogP contribution in [0.4, 0.5) is 0 Å². The van der Waals surface area contributed by atoms with Gasteiger partial charge in [-0.25, -0.2) is 4.79 Å². The predicted molar refractivity (Wildman–Crippen MR) is 120 cm³/mol. The Morgan fingerprint density at radius 3 is 2.48 bits per heavy atom. The molecule has 31 heavy (non-hydrogen) atoms. The normalized spacial score (nSPS) is 12.3. The van der Waals surface area contributed by atoms with E-state index in [0.717, 1.165) is 5.56 Å². The van der Waals surface area contributed by atoms with Gasteiger partial charge in [0, 0.05) is 24.5 Å². The molecule has 6 heteroatoms. The highest BCUT2D eigenvalue weighted by molar-refractivity contribution is 5.91. The maximum atomic E-state index is 12.6. The number of aromatic nitrogens is 1. The second-order valence-electron chi connectivity index (χ2n) is 8.40. The SMILES string of the molecule is Cc1ccc(Oc2ccc(C(O)CNC(C)(C)C)cc2OC(=O)c2cccnc2)cc1. The van der Waals surface area contributed by atoms with Gasteiger partial charge in [0.05, 0.1) is 11.7 Å². The number of pyridine rings is 1. The Hall–Kier alpha value is -3.22. The van der Waals surface area contributed by atoms with Crippen molar-refractivity contribution < 1.29 is 19.4 Å². The van der Waals surface area contributed by atoms with Crippen LogP contribution in [0.3, 0.4) is 0 Å². The van der Waals surface area contributed by atoms with Crippen molar-refractivity contribution in [3.8, 4) is 17.2 Å². The molecule has 1 aromatic heterocycles. The molecule has 0 bridgehead atoms. The third kappa shape index (κ3) is 6.64. The fourth-order valence-electron chi connectivity index (χ4n) is 2.79. The van der Waals surface area contributed by atoms with E-state index in [0.29, 0.717) is 29.2 Å². The van der Waals surface area contributed by atoms with Gasteiger partial charge in [-0.1, -0.05) is 23.8 Å². The zero-order valence-corrected chi connectivity index (χ0v) is 18.3. The van der Waals surface area contributed by atoms with Gasteiger partial charge in [0.2, 0.25) is 0 Å². The standard InChI is InChI=1S/C25H28N2O4/c1-17-7-10-20(11-8-17)30-22-12-9-18(21(28)16-27-25(2,3)4)14-23(22)31-24(29)19-6-5-13-26-15-19/h5-15,21,27-28H,16H2,1-4H3. The molecule has 0 saturated heterocycles. The molecule has 0 fully saturated rings. The zero-order chi connectivity index (χ0) is 22.4. The van der Waals surface area contributed by atoms with E-state index in [1.54, 1.807) is 36.5 Å². The van der Waals surface area contributed by atoms with Crippen LogP contribution < -0.4 is 14.8 Å². The van der Waals surface area contributed by atoms with Crippen molar-refractivity contribution in [1.29, 1.82) is 0 Å². The second kappa shape index (κ2) is 9.73. The lowest BCUT2D eigenvalue weighted by Gasteiger charge is -2.23. The van der Waals surface area contributed by atoms with E-state index >= 15 is 0 Å². The third-order valence-corrected chi connectivity index (χ3v) is 4.53. The average Bonchev–Trinajstić information content (AvgIpc) is 2.75. The minimum Gasteiger partial charge on any atom is -0.453 e. The summed E-state index contributed by atoms with van der Waals surface area (Å²) in [6, 6.07) is 15.9. The van der Waals surface area contributed by atoms with Crippen LogP contribution in [-0.4, -0.2) is 28.1 Å². The van der Waals surface area contributed by atoms with Crippen LogP contribution in [0.25, 0.3) is 0 Å². The molecule has 0 aliphatic carbocycles. The molecule has 0 spiro atoms. The van der Waals surface area contributed by atoms with Crippen molar-refractivity contribution in [3.05, 3.63) is 83.7 Å². The molecule has 2 aromatic carbocycles. The fourth-order valence-corrected chi connectivity index (χ4v) is 2.79. The maximum absolute atomic E-state index is 12.6. The van der Waals surface area contributed by atoms with Gasteiger partial charge in [-0.15, -0.1) is 0 Å². The number of carbonyl (C=O) groups is 1. The van der Waals surface area contributed by atoms with Crippen LogP contribution in [0.2, 0.25) is 0 Å². The molecule has 1 atom stereocenters. The minimum atomic E-state index is -0.775. The largest absolute Gasteiger partial charge is 0.453 e. The number of ether oxygens (including phenoxy) is 2. The van der Waals surface area contributed by atoms with Gasteiger partial charge in [0.15, 0.2) is 11.5 Å². The van der Waals surface area contributed by atoms with Gasteiger partial charge in [0.1, 0.15) is 5.75 Å². The quantitative estimate of drug-likeness (QED) is 0.421. The Kier molecular flexibility index (Phi) is 7.05. The summed E-state index contributed by atoms with van der Waals surface area (Å²) in [6.45, 7) is 8.43. The summed E-state index contributed by atoms with van der Waals surface area (Å²) in [5, 5.41) is 13.9. The average molecular weight is 421 g/mol. The van der Waals surface area contributed by atoms with Gasteiger partial charge in [0.25, 0.3) is 0 Å². The number of carbonyl (C=O) groups excluding carboxylic acids is 1. The minimum absolute atomic E-state index is 0.134. The van der Waals surface area contributed by atoms with Crippen molar-refractivity contribution in [3.63, 3.8) is 0 Å². The summed E-state index contributed by atoms with van der Waals surface area (Å²) in [7, 11) is 0. The number of aryl methyl sites for hydroxylation is 1. The third-order valence-electron chi connectivity index (χ3n) is 4.53. The number of nitrogens with zero attached hydrogens (tertiary/aromatic N) is 1. The van der Waals surface area contributed by atoms with E-state index < -0.39 is 12.1 Å². The fraction of sp³-hybridized carbons (Fsp3) is 0.280. The summed E-state index contributed by atoms with van der Waals surface area (Å²) in [6.07, 6.45) is 2.25. The summed E-state index contributed by atoms with van der Waals surface area (Å²) >= 11 is 0. The number of aliphatic hydroxyl groups is 1. The molecule has 0 radical (unpaired) electrons. The summed E-state index contributed by atoms with van der Waals surface area (Å²) < 4.78 is 11.6. The zero-order valence-electron chi connectivity index (χ0n) is 18.3. The van der Waals surface area contributed by atoms with Crippen LogP contribution >= 0.6 is 0 Å². The van der Waals surface area contributed by atoms with E-state index in [9.17, 15) is 9.90 Å². The number of hydrogen-bond donors (Lipinski definition) is 2. The number of esters is 1. The Morgan fingerprint density at radius 1 is 1.10 bits per heavy atom. The van der Waals surface area contributed by atoms with Crippen LogP contribution in [-0.2, 0) is 0 Å². The van der Waals surface area contributed by atoms with Gasteiger partial charge < -0.3 is 19.9 Å². The topological polar surface area (TPSA) is 80.7 Å². The lowest BCUT2D eigenvalue weighted by Crippen LogP contribution is -2.38. The summed E-state index contributed by atoms with van der Waals surface area (Å²) in [5.74, 6) is 0.663. The van der Waals surface area contributed by atoms with E-state index in [2.05, 4.69) is 10.3 Å². The second-order valence-corrected chi connectivity index (χ2v) is 8.40. The first-order valence-electron chi connectivity index (χ1n) is 10.1. The molecule has 0 aliphatic heterocycles. The summed E-state index contributed by atoms with van der Waals surface area (Å²) in [5.41, 5.74) is 1.91. The highest BCUT2D eigenvalue weighted by Crippen LogP contribution is 2.35. The first-order valence-corrected chi connectivity index (χ1v) is 10.1. The number of hydrogen-bond acceptors (Lipinski definition) is 6. The number of rotatable bonds is 7. The van der Waals surface area contributed by atoms with Crippen molar-refractivity contribution in [2.75, 3.05) is 6.54 Å². The van der Waals surface area contributed by atoms with Crippen LogP contribution in [0, 0.1) is 6.92 Å². The molecule has 1 unspecified atom stereocenters.